The number of hydrogen-bond donors (Lipinski definition) is 2. The number of aryl methyl sites for hydroxylation is 1. The van der Waals surface area contributed by atoms with Gasteiger partial charge in [-0.05, 0) is 30.5 Å². The Labute approximate surface area is 237 Å². The summed E-state index contributed by atoms with van der Waals surface area (Å²) in [6, 6.07) is 3.57. The fourth-order valence-corrected chi connectivity index (χ4v) is 5.71. The van der Waals surface area contributed by atoms with Crippen LogP contribution in [-0.2, 0) is 29.6 Å². The monoisotopic (exact) mass is 647 g/mol. The van der Waals surface area contributed by atoms with Gasteiger partial charge in [0.05, 0.1) is 37.2 Å². The Bertz CT molecular complexity index is 1570. The van der Waals surface area contributed by atoms with Gasteiger partial charge in [0.1, 0.15) is 16.7 Å². The number of ether oxygens (including phenoxy) is 2. The van der Waals surface area contributed by atoms with E-state index in [0.29, 0.717) is 10.5 Å². The number of sulfonamides is 2. The van der Waals surface area contributed by atoms with E-state index in [1.807, 2.05) is 20.8 Å². The van der Waals surface area contributed by atoms with Crippen molar-refractivity contribution in [3.05, 3.63) is 30.1 Å². The lowest BCUT2D eigenvalue weighted by Gasteiger charge is -2.35. The molecule has 20 heteroatoms. The van der Waals surface area contributed by atoms with E-state index in [9.17, 15) is 48.4 Å². The van der Waals surface area contributed by atoms with Crippen LogP contribution >= 0.6 is 0 Å². The summed E-state index contributed by atoms with van der Waals surface area (Å²) in [7, 11) is -10.8. The quantitative estimate of drug-likeness (QED) is 0.408. The number of hydrogen-bond acceptors (Lipinski definition) is 9. The number of carbonyl (C=O) groups is 2. The Kier molecular flexibility index (Phi) is 9.02. The molecule has 1 atom stereocenters. The topological polar surface area (TPSA) is 166 Å². The fourth-order valence-electron chi connectivity index (χ4n) is 3.55. The molecule has 0 spiro atoms. The minimum atomic E-state index is -6.06. The molecule has 0 bridgehead atoms. The largest absolute Gasteiger partial charge is 0.516 e. The van der Waals surface area contributed by atoms with Gasteiger partial charge in [-0.2, -0.15) is 35.5 Å². The molecule has 0 saturated carbocycles. The van der Waals surface area contributed by atoms with Gasteiger partial charge in [-0.25, -0.2) is 22.6 Å². The van der Waals surface area contributed by atoms with E-state index in [2.05, 4.69) is 10.4 Å². The number of benzene rings is 1. The highest BCUT2D eigenvalue weighted by molar-refractivity contribution is 7.93. The molecule has 1 unspecified atom stereocenters. The van der Waals surface area contributed by atoms with Gasteiger partial charge in [-0.15, -0.1) is 0 Å². The smallest absolute Gasteiger partial charge is 0.486 e. The van der Waals surface area contributed by atoms with E-state index in [4.69, 9.17) is 9.47 Å². The Hall–Kier alpha value is -3.68. The second-order valence-electron chi connectivity index (χ2n) is 10.2. The zero-order valence-corrected chi connectivity index (χ0v) is 24.0. The zero-order valence-electron chi connectivity index (χ0n) is 22.4. The molecular formula is C22H26F5N5O8S2. The molecule has 234 valence electrons. The Morgan fingerprint density at radius 3 is 2.36 bits per heavy atom. The number of amides is 2. The lowest BCUT2D eigenvalue weighted by Crippen LogP contribution is -2.47. The van der Waals surface area contributed by atoms with E-state index in [1.165, 1.54) is 12.1 Å². The van der Waals surface area contributed by atoms with Gasteiger partial charge in [0, 0.05) is 5.69 Å². The van der Waals surface area contributed by atoms with Gasteiger partial charge < -0.3 is 9.47 Å². The molecule has 2 aromatic rings. The normalized spacial score (nSPS) is 16.0. The van der Waals surface area contributed by atoms with Gasteiger partial charge >= 0.3 is 28.2 Å². The van der Waals surface area contributed by atoms with Gasteiger partial charge in [-0.1, -0.05) is 20.8 Å². The first-order chi connectivity index (χ1) is 19.1. The molecule has 0 radical (unpaired) electrons. The van der Waals surface area contributed by atoms with Crippen molar-refractivity contribution in [3.63, 3.8) is 0 Å². The molecule has 2 amide bonds. The third-order valence-electron chi connectivity index (χ3n) is 5.38. The van der Waals surface area contributed by atoms with Crippen LogP contribution in [0.4, 0.5) is 38.1 Å². The van der Waals surface area contributed by atoms with Crippen molar-refractivity contribution in [1.82, 2.24) is 14.5 Å². The highest BCUT2D eigenvalue weighted by Crippen LogP contribution is 2.40. The number of carbonyl (C=O) groups excluding carboxylic acids is 2. The molecular weight excluding hydrogens is 621 g/mol. The number of rotatable bonds is 8. The summed E-state index contributed by atoms with van der Waals surface area (Å²) in [6.45, 7) is 2.65. The highest BCUT2D eigenvalue weighted by atomic mass is 32.2. The Morgan fingerprint density at radius 1 is 1.17 bits per heavy atom. The molecule has 1 aromatic heterocycles. The summed E-state index contributed by atoms with van der Waals surface area (Å²) >= 11 is 0. The minimum Gasteiger partial charge on any atom is -0.486 e. The third-order valence-corrected chi connectivity index (χ3v) is 8.37. The second-order valence-corrected chi connectivity index (χ2v) is 13.7. The molecule has 1 aliphatic rings. The van der Waals surface area contributed by atoms with Crippen LogP contribution in [0.2, 0.25) is 0 Å². The highest BCUT2D eigenvalue weighted by Gasteiger charge is 2.47. The first-order valence-electron chi connectivity index (χ1n) is 11.8. The maximum atomic E-state index is 13.7. The number of alkyl halides is 5. The maximum Gasteiger partial charge on any atom is 0.516 e. The van der Waals surface area contributed by atoms with Gasteiger partial charge in [-0.3, -0.25) is 14.4 Å². The second kappa shape index (κ2) is 11.5. The standard InChI is InChI=1S/C22H26F5N5O8S2/c1-12-17(10-31(29-12)19(23)24)41(35,36)32-9-14(8-18(33)30-42(37,38)22(25,26)27)40-16-6-5-13(7-15(16)32)28-20(34)39-11-21(2,3)4/h5-7,10,14,19H,8-9,11H2,1-4H3,(H,28,34)(H,30,33). The van der Waals surface area contributed by atoms with Crippen LogP contribution < -0.4 is 19.1 Å². The van der Waals surface area contributed by atoms with Crippen molar-refractivity contribution in [3.8, 4) is 5.75 Å². The number of aromatic nitrogens is 2. The van der Waals surface area contributed by atoms with Crippen molar-refractivity contribution < 1.29 is 57.9 Å². The van der Waals surface area contributed by atoms with E-state index >= 15 is 0 Å². The van der Waals surface area contributed by atoms with Crippen LogP contribution in [0.5, 0.6) is 5.75 Å². The van der Waals surface area contributed by atoms with Crippen molar-refractivity contribution in [1.29, 1.82) is 0 Å². The Morgan fingerprint density at radius 2 is 1.81 bits per heavy atom. The summed E-state index contributed by atoms with van der Waals surface area (Å²) in [5.74, 6) is -1.89. The molecule has 1 aromatic carbocycles. The summed E-state index contributed by atoms with van der Waals surface area (Å²) in [5.41, 5.74) is -6.71. The molecule has 2 heterocycles. The molecule has 2 N–H and O–H groups in total. The molecule has 0 fully saturated rings. The number of nitrogens with one attached hydrogen (secondary N) is 2. The van der Waals surface area contributed by atoms with E-state index < -0.39 is 68.1 Å². The van der Waals surface area contributed by atoms with Gasteiger partial charge in [0.15, 0.2) is 0 Å². The van der Waals surface area contributed by atoms with E-state index in [1.54, 1.807) is 0 Å². The van der Waals surface area contributed by atoms with Crippen LogP contribution in [0.25, 0.3) is 0 Å². The number of halogens is 5. The molecule has 13 nitrogen and oxygen atoms in total. The third kappa shape index (κ3) is 7.58. The van der Waals surface area contributed by atoms with Crippen molar-refractivity contribution in [2.45, 2.75) is 57.2 Å². The molecule has 1 aliphatic heterocycles. The van der Waals surface area contributed by atoms with Crippen molar-refractivity contribution in [2.75, 3.05) is 22.8 Å². The minimum absolute atomic E-state index is 0.0175. The fraction of sp³-hybridized carbons (Fsp3) is 0.500. The molecule has 0 aliphatic carbocycles. The number of anilines is 2. The lowest BCUT2D eigenvalue weighted by atomic mass is 9.99. The first kappa shape index (κ1) is 32.8. The molecule has 3 rings (SSSR count). The number of fused-ring (bicyclic) bond motifs is 1. The Balaban J connectivity index is 1.98. The average Bonchev–Trinajstić information content (AvgIpc) is 3.24. The molecule has 0 saturated heterocycles. The molecule has 42 heavy (non-hydrogen) atoms. The zero-order chi connectivity index (χ0) is 31.8. The van der Waals surface area contributed by atoms with Gasteiger partial charge in [0.25, 0.3) is 10.0 Å². The summed E-state index contributed by atoms with van der Waals surface area (Å²) in [6.07, 6.45) is -2.90. The van der Waals surface area contributed by atoms with Crippen LogP contribution in [-0.4, -0.2) is 63.4 Å². The van der Waals surface area contributed by atoms with Crippen molar-refractivity contribution >= 4 is 43.4 Å². The first-order valence-corrected chi connectivity index (χ1v) is 14.8. The predicted octanol–water partition coefficient (Wildman–Crippen LogP) is 3.49. The summed E-state index contributed by atoms with van der Waals surface area (Å²) < 4.78 is 127. The number of nitrogens with zero attached hydrogens (tertiary/aromatic N) is 3. The van der Waals surface area contributed by atoms with Crippen molar-refractivity contribution in [2.24, 2.45) is 5.41 Å². The SMILES string of the molecule is Cc1nn(C(F)F)cc1S(=O)(=O)N1CC(CC(=O)NS(=O)(=O)C(F)(F)F)Oc2ccc(NC(=O)OCC(C)(C)C)cc21. The summed E-state index contributed by atoms with van der Waals surface area (Å²) in [4.78, 5) is 23.7. The van der Waals surface area contributed by atoms with Crippen LogP contribution in [0, 0.1) is 12.3 Å². The van der Waals surface area contributed by atoms with Crippen LogP contribution in [0.15, 0.2) is 29.3 Å². The predicted molar refractivity (Wildman–Crippen MR) is 136 cm³/mol. The van der Waals surface area contributed by atoms with E-state index in [0.717, 1.165) is 17.7 Å². The maximum absolute atomic E-state index is 13.7. The van der Waals surface area contributed by atoms with Crippen LogP contribution in [0.3, 0.4) is 0 Å². The van der Waals surface area contributed by atoms with Gasteiger partial charge in [0.2, 0.25) is 5.91 Å². The van der Waals surface area contributed by atoms with Crippen LogP contribution in [0.1, 0.15) is 39.4 Å². The lowest BCUT2D eigenvalue weighted by molar-refractivity contribution is -0.121. The summed E-state index contributed by atoms with van der Waals surface area (Å²) in [5, 5.41) is 5.87. The van der Waals surface area contributed by atoms with E-state index in [-0.39, 0.29) is 39.5 Å². The average molecular weight is 648 g/mol.